The normalized spacial score (nSPS) is 19.4. The highest BCUT2D eigenvalue weighted by molar-refractivity contribution is 5.66. The number of nitrogens with zero attached hydrogens (tertiary/aromatic N) is 8. The van der Waals surface area contributed by atoms with Gasteiger partial charge in [0.1, 0.15) is 36.8 Å². The molecule has 3 aromatic rings. The second-order valence-corrected chi connectivity index (χ2v) is 8.39. The van der Waals surface area contributed by atoms with Gasteiger partial charge in [0.2, 0.25) is 0 Å². The fourth-order valence-electron chi connectivity index (χ4n) is 3.92. The summed E-state index contributed by atoms with van der Waals surface area (Å²) in [6.45, 7) is 0.0949. The Morgan fingerprint density at radius 2 is 1.68 bits per heavy atom. The molecule has 3 atom stereocenters. The molecule has 0 bridgehead atoms. The van der Waals surface area contributed by atoms with Gasteiger partial charge in [0, 0.05) is 18.2 Å². The zero-order chi connectivity index (χ0) is 26.7. The molecule has 0 aromatic carbocycles. The number of rotatable bonds is 11. The average Bonchev–Trinajstić information content (AvgIpc) is 3.57. The van der Waals surface area contributed by atoms with E-state index < -0.39 is 54.8 Å². The summed E-state index contributed by atoms with van der Waals surface area (Å²) >= 11 is 0. The summed E-state index contributed by atoms with van der Waals surface area (Å²) < 4.78 is 16.0. The minimum Gasteiger partial charge on any atom is -0.480 e. The quantitative estimate of drug-likeness (QED) is 0.240. The van der Waals surface area contributed by atoms with Crippen molar-refractivity contribution in [3.8, 4) is 0 Å². The van der Waals surface area contributed by atoms with Crippen LogP contribution in [0, 0.1) is 6.92 Å². The summed E-state index contributed by atoms with van der Waals surface area (Å²) in [5.41, 5.74) is -0.402. The van der Waals surface area contributed by atoms with Gasteiger partial charge in [0.15, 0.2) is 0 Å². The Labute approximate surface area is 207 Å². The van der Waals surface area contributed by atoms with E-state index in [1.807, 2.05) is 0 Å². The van der Waals surface area contributed by atoms with Gasteiger partial charge < -0.3 is 24.8 Å². The number of hydrogen-bond acceptors (Lipinski definition) is 11. The number of aliphatic hydroxyl groups is 1. The monoisotopic (exact) mass is 520 g/mol. The summed E-state index contributed by atoms with van der Waals surface area (Å²) in [6.07, 6.45) is 2.02. The van der Waals surface area contributed by atoms with Crippen LogP contribution in [0.2, 0.25) is 0 Å². The smallest absolute Gasteiger partial charge is 0.333 e. The van der Waals surface area contributed by atoms with Crippen molar-refractivity contribution in [2.45, 2.75) is 58.0 Å². The number of ether oxygens (including phenoxy) is 2. The van der Waals surface area contributed by atoms with Crippen LogP contribution in [-0.2, 0) is 45.3 Å². The Kier molecular flexibility index (Phi) is 7.55. The van der Waals surface area contributed by atoms with Crippen LogP contribution in [-0.4, -0.2) is 85.2 Å². The van der Waals surface area contributed by atoms with E-state index in [1.54, 1.807) is 0 Å². The van der Waals surface area contributed by atoms with Gasteiger partial charge in [0.05, 0.1) is 38.3 Å². The molecule has 1 aliphatic rings. The van der Waals surface area contributed by atoms with Crippen molar-refractivity contribution in [2.75, 3.05) is 6.61 Å². The van der Waals surface area contributed by atoms with Crippen LogP contribution in [0.25, 0.3) is 0 Å². The number of aromatic nitrogens is 8. The van der Waals surface area contributed by atoms with Crippen LogP contribution in [0.3, 0.4) is 0 Å². The predicted octanol–water partition coefficient (Wildman–Crippen LogP) is -2.42. The van der Waals surface area contributed by atoms with Gasteiger partial charge >= 0.3 is 17.6 Å². The van der Waals surface area contributed by atoms with Crippen LogP contribution >= 0.6 is 0 Å². The Morgan fingerprint density at radius 1 is 1.05 bits per heavy atom. The fourth-order valence-corrected chi connectivity index (χ4v) is 3.92. The molecule has 0 amide bonds. The second kappa shape index (κ2) is 10.8. The first-order valence-corrected chi connectivity index (χ1v) is 11.1. The molecule has 37 heavy (non-hydrogen) atoms. The number of aliphatic carboxylic acids is 2. The first kappa shape index (κ1) is 25.9. The van der Waals surface area contributed by atoms with Crippen molar-refractivity contribution >= 4 is 11.9 Å². The molecule has 3 aromatic heterocycles. The van der Waals surface area contributed by atoms with Gasteiger partial charge in [-0.25, -0.2) is 14.2 Å². The largest absolute Gasteiger partial charge is 0.480 e. The number of carboxylic acid groups (broad SMARTS) is 2. The summed E-state index contributed by atoms with van der Waals surface area (Å²) in [6, 6.07) is 0. The third-order valence-electron chi connectivity index (χ3n) is 5.57. The summed E-state index contributed by atoms with van der Waals surface area (Å²) in [4.78, 5) is 47.6. The van der Waals surface area contributed by atoms with Gasteiger partial charge in [0.25, 0.3) is 5.56 Å². The molecule has 0 spiro atoms. The minimum atomic E-state index is -1.12. The maximum Gasteiger partial charge on any atom is 0.333 e. The van der Waals surface area contributed by atoms with E-state index in [1.165, 1.54) is 30.1 Å². The Balaban J connectivity index is 1.50. The second-order valence-electron chi connectivity index (χ2n) is 8.39. The molecule has 3 N–H and O–H groups in total. The van der Waals surface area contributed by atoms with Crippen molar-refractivity contribution in [3.05, 3.63) is 56.4 Å². The van der Waals surface area contributed by atoms with E-state index >= 15 is 0 Å². The number of carbonyl (C=O) groups is 2. The number of carboxylic acids is 2. The molecular formula is C20H24N8O9. The van der Waals surface area contributed by atoms with Crippen LogP contribution in [0.5, 0.6) is 0 Å². The van der Waals surface area contributed by atoms with Gasteiger partial charge in [-0.05, 0) is 6.92 Å². The third-order valence-corrected chi connectivity index (χ3v) is 5.57. The van der Waals surface area contributed by atoms with Gasteiger partial charge in [-0.15, -0.1) is 10.2 Å². The topological polar surface area (TPSA) is 219 Å². The molecular weight excluding hydrogens is 496 g/mol. The molecule has 4 rings (SSSR count). The molecule has 0 radical (unpaired) electrons. The molecule has 0 aliphatic carbocycles. The molecule has 1 saturated heterocycles. The van der Waals surface area contributed by atoms with E-state index in [0.29, 0.717) is 5.69 Å². The molecule has 0 saturated carbocycles. The van der Waals surface area contributed by atoms with Crippen LogP contribution in [0.15, 0.2) is 28.2 Å². The Bertz CT molecular complexity index is 1410. The van der Waals surface area contributed by atoms with E-state index in [2.05, 4.69) is 20.6 Å². The molecule has 17 heteroatoms. The Morgan fingerprint density at radius 3 is 2.30 bits per heavy atom. The minimum absolute atomic E-state index is 0.0315. The summed E-state index contributed by atoms with van der Waals surface area (Å²) in [7, 11) is 0. The Hall–Kier alpha value is -4.22. The summed E-state index contributed by atoms with van der Waals surface area (Å²) in [5.74, 6) is -2.19. The van der Waals surface area contributed by atoms with Gasteiger partial charge in [-0.2, -0.15) is 0 Å². The van der Waals surface area contributed by atoms with Crippen LogP contribution < -0.4 is 11.2 Å². The van der Waals surface area contributed by atoms with E-state index in [9.17, 15) is 24.3 Å². The molecule has 17 nitrogen and oxygen atoms in total. The zero-order valence-electron chi connectivity index (χ0n) is 19.6. The first-order chi connectivity index (χ1) is 17.6. The standard InChI is InChI=1S/C20H24N8O9/c1-11-3-27(20(35)28(19(11)34)6-12-4-25(23-21-12)7-17(30)31)16-2-14(15(9-29)37-16)36-10-13-5-26(24-22-13)8-18(32)33/h3-5,14-16,29H,2,6-10H2,1H3,(H,30,31)(H,32,33)/t14-,15+,16+/m0/s1. The number of aryl methyl sites for hydroxylation is 1. The maximum atomic E-state index is 13.2. The molecule has 198 valence electrons. The number of aliphatic hydroxyl groups excluding tert-OH is 1. The lowest BCUT2D eigenvalue weighted by Gasteiger charge is -2.17. The van der Waals surface area contributed by atoms with Crippen molar-refractivity contribution in [2.24, 2.45) is 0 Å². The van der Waals surface area contributed by atoms with Gasteiger partial charge in [-0.1, -0.05) is 10.4 Å². The van der Waals surface area contributed by atoms with Crippen LogP contribution in [0.1, 0.15) is 29.6 Å². The lowest BCUT2D eigenvalue weighted by atomic mass is 10.2. The highest BCUT2D eigenvalue weighted by Crippen LogP contribution is 2.30. The van der Waals surface area contributed by atoms with Crippen molar-refractivity contribution in [1.29, 1.82) is 0 Å². The highest BCUT2D eigenvalue weighted by Gasteiger charge is 2.37. The lowest BCUT2D eigenvalue weighted by Crippen LogP contribution is -2.42. The predicted molar refractivity (Wildman–Crippen MR) is 118 cm³/mol. The summed E-state index contributed by atoms with van der Waals surface area (Å²) in [5, 5.41) is 42.5. The van der Waals surface area contributed by atoms with Gasteiger partial charge in [-0.3, -0.25) is 23.5 Å². The molecule has 4 heterocycles. The number of hydrogen-bond donors (Lipinski definition) is 3. The first-order valence-electron chi connectivity index (χ1n) is 11.1. The molecule has 1 aliphatic heterocycles. The zero-order valence-corrected chi connectivity index (χ0v) is 19.6. The van der Waals surface area contributed by atoms with E-state index in [4.69, 9.17) is 19.7 Å². The van der Waals surface area contributed by atoms with Crippen LogP contribution in [0.4, 0.5) is 0 Å². The van der Waals surface area contributed by atoms with Crippen molar-refractivity contribution in [3.63, 3.8) is 0 Å². The molecule has 0 unspecified atom stereocenters. The lowest BCUT2D eigenvalue weighted by molar-refractivity contribution is -0.139. The average molecular weight is 520 g/mol. The highest BCUT2D eigenvalue weighted by atomic mass is 16.6. The third kappa shape index (κ3) is 5.96. The molecule has 1 fully saturated rings. The maximum absolute atomic E-state index is 13.2. The fraction of sp³-hybridized carbons (Fsp3) is 0.500. The van der Waals surface area contributed by atoms with Crippen molar-refractivity contribution < 1.29 is 34.4 Å². The van der Waals surface area contributed by atoms with E-state index in [-0.39, 0.29) is 37.4 Å². The SMILES string of the molecule is Cc1cn([C@H]2C[C@H](OCc3cn(CC(=O)O)nn3)[C@@H](CO)O2)c(=O)n(Cc2cn(CC(=O)O)nn2)c1=O. The van der Waals surface area contributed by atoms with Crippen molar-refractivity contribution in [1.82, 2.24) is 39.1 Å². The van der Waals surface area contributed by atoms with E-state index in [0.717, 1.165) is 13.9 Å².